The van der Waals surface area contributed by atoms with E-state index in [1.165, 1.54) is 17.4 Å². The fraction of sp³-hybridized carbons (Fsp3) is 0.200. The maximum Gasteiger partial charge on any atom is 0.338 e. The summed E-state index contributed by atoms with van der Waals surface area (Å²) in [5.41, 5.74) is 2.43. The predicted octanol–water partition coefficient (Wildman–Crippen LogP) is 4.20. The number of aryl methyl sites for hydroxylation is 1. The first-order valence-corrected chi connectivity index (χ1v) is 9.04. The van der Waals surface area contributed by atoms with E-state index in [0.29, 0.717) is 28.3 Å². The molecule has 0 fully saturated rings. The molecule has 0 bridgehead atoms. The largest absolute Gasteiger partial charge is 0.508 e. The average molecular weight is 385 g/mol. The third-order valence-electron chi connectivity index (χ3n) is 3.98. The average Bonchev–Trinajstić information content (AvgIpc) is 3.16. The summed E-state index contributed by atoms with van der Waals surface area (Å²) in [5.74, 6) is 0.773. The highest BCUT2D eigenvalue weighted by atomic mass is 32.1. The lowest BCUT2D eigenvalue weighted by Gasteiger charge is -2.10. The van der Waals surface area contributed by atoms with Crippen LogP contribution in [-0.2, 0) is 11.3 Å². The summed E-state index contributed by atoms with van der Waals surface area (Å²) in [6, 6.07) is 10.3. The van der Waals surface area contributed by atoms with Crippen LogP contribution in [0.5, 0.6) is 17.2 Å². The Labute approximate surface area is 161 Å². The number of aromatic hydroxyl groups is 1. The SMILES string of the molecule is COc1cccc(-c2nc(COC(=O)c3ccc(C)c(O)c3)cs2)c1OC. The molecule has 0 aliphatic carbocycles. The van der Waals surface area contributed by atoms with Gasteiger partial charge in [0.15, 0.2) is 11.5 Å². The first-order chi connectivity index (χ1) is 13.0. The van der Waals surface area contributed by atoms with Crippen molar-refractivity contribution >= 4 is 17.3 Å². The minimum atomic E-state index is -0.515. The maximum absolute atomic E-state index is 12.1. The molecule has 7 heteroatoms. The molecule has 27 heavy (non-hydrogen) atoms. The van der Waals surface area contributed by atoms with Crippen molar-refractivity contribution in [3.63, 3.8) is 0 Å². The van der Waals surface area contributed by atoms with Gasteiger partial charge in [0.1, 0.15) is 17.4 Å². The molecule has 0 saturated carbocycles. The van der Waals surface area contributed by atoms with Crippen LogP contribution in [0, 0.1) is 6.92 Å². The number of hydrogen-bond acceptors (Lipinski definition) is 7. The Morgan fingerprint density at radius 2 is 2.00 bits per heavy atom. The molecule has 3 rings (SSSR count). The van der Waals surface area contributed by atoms with Crippen LogP contribution in [0.3, 0.4) is 0 Å². The Morgan fingerprint density at radius 3 is 2.70 bits per heavy atom. The molecule has 0 spiro atoms. The van der Waals surface area contributed by atoms with Crippen LogP contribution in [0.15, 0.2) is 41.8 Å². The van der Waals surface area contributed by atoms with Gasteiger partial charge in [0, 0.05) is 5.38 Å². The van der Waals surface area contributed by atoms with Gasteiger partial charge in [-0.2, -0.15) is 0 Å². The summed E-state index contributed by atoms with van der Waals surface area (Å²) in [6.45, 7) is 1.80. The van der Waals surface area contributed by atoms with Crippen molar-refractivity contribution in [1.82, 2.24) is 4.98 Å². The number of para-hydroxylation sites is 1. The number of ether oxygens (including phenoxy) is 3. The van der Waals surface area contributed by atoms with Gasteiger partial charge in [-0.15, -0.1) is 11.3 Å². The predicted molar refractivity (Wildman–Crippen MR) is 103 cm³/mol. The number of carbonyl (C=O) groups excluding carboxylic acids is 1. The monoisotopic (exact) mass is 385 g/mol. The lowest BCUT2D eigenvalue weighted by Crippen LogP contribution is -2.05. The van der Waals surface area contributed by atoms with Gasteiger partial charge in [-0.1, -0.05) is 12.1 Å². The summed E-state index contributed by atoms with van der Waals surface area (Å²) in [4.78, 5) is 16.7. The smallest absolute Gasteiger partial charge is 0.338 e. The summed E-state index contributed by atoms with van der Waals surface area (Å²) < 4.78 is 16.1. The Balaban J connectivity index is 1.73. The number of phenols is 1. The molecule has 1 heterocycles. The van der Waals surface area contributed by atoms with Gasteiger partial charge < -0.3 is 19.3 Å². The van der Waals surface area contributed by atoms with Crippen LogP contribution in [0.2, 0.25) is 0 Å². The number of rotatable bonds is 6. The van der Waals surface area contributed by atoms with Crippen molar-refractivity contribution in [1.29, 1.82) is 0 Å². The number of phenolic OH excluding ortho intramolecular Hbond substituents is 1. The van der Waals surface area contributed by atoms with E-state index >= 15 is 0 Å². The normalized spacial score (nSPS) is 10.5. The second-order valence-electron chi connectivity index (χ2n) is 5.76. The number of thiazole rings is 1. The Morgan fingerprint density at radius 1 is 1.19 bits per heavy atom. The molecule has 2 aromatic carbocycles. The Bertz CT molecular complexity index is 967. The molecule has 1 aromatic heterocycles. The summed E-state index contributed by atoms with van der Waals surface area (Å²) in [7, 11) is 3.16. The number of benzene rings is 2. The molecule has 1 N–H and O–H groups in total. The van der Waals surface area contributed by atoms with Crippen molar-refractivity contribution in [2.75, 3.05) is 14.2 Å². The second kappa shape index (κ2) is 8.09. The van der Waals surface area contributed by atoms with E-state index in [9.17, 15) is 9.90 Å². The number of esters is 1. The molecule has 0 aliphatic heterocycles. The molecule has 0 aliphatic rings. The van der Waals surface area contributed by atoms with E-state index in [2.05, 4.69) is 4.98 Å². The van der Waals surface area contributed by atoms with Crippen LogP contribution in [0.25, 0.3) is 10.6 Å². The van der Waals surface area contributed by atoms with Crippen LogP contribution in [-0.4, -0.2) is 30.3 Å². The fourth-order valence-electron chi connectivity index (χ4n) is 2.51. The lowest BCUT2D eigenvalue weighted by atomic mass is 10.1. The number of hydrogen-bond donors (Lipinski definition) is 1. The molecule has 3 aromatic rings. The first kappa shape index (κ1) is 18.7. The number of nitrogens with zero attached hydrogens (tertiary/aromatic N) is 1. The first-order valence-electron chi connectivity index (χ1n) is 8.16. The van der Waals surface area contributed by atoms with Gasteiger partial charge in [0.25, 0.3) is 0 Å². The van der Waals surface area contributed by atoms with E-state index in [0.717, 1.165) is 10.6 Å². The lowest BCUT2D eigenvalue weighted by molar-refractivity contribution is 0.0468. The zero-order chi connectivity index (χ0) is 19.4. The minimum Gasteiger partial charge on any atom is -0.508 e. The highest BCUT2D eigenvalue weighted by molar-refractivity contribution is 7.13. The van der Waals surface area contributed by atoms with Crippen LogP contribution >= 0.6 is 11.3 Å². The van der Waals surface area contributed by atoms with Gasteiger partial charge in [-0.3, -0.25) is 0 Å². The zero-order valence-corrected chi connectivity index (χ0v) is 16.0. The van der Waals surface area contributed by atoms with Gasteiger partial charge in [-0.25, -0.2) is 9.78 Å². The van der Waals surface area contributed by atoms with E-state index < -0.39 is 5.97 Å². The Hall–Kier alpha value is -3.06. The van der Waals surface area contributed by atoms with Gasteiger partial charge >= 0.3 is 5.97 Å². The number of carbonyl (C=O) groups is 1. The topological polar surface area (TPSA) is 77.9 Å². The maximum atomic E-state index is 12.1. The molecule has 0 atom stereocenters. The molecular formula is C20H19NO5S. The van der Waals surface area contributed by atoms with Crippen molar-refractivity contribution in [2.24, 2.45) is 0 Å². The standard InChI is InChI=1S/C20H19NO5S/c1-12-7-8-13(9-16(12)22)20(23)26-10-14-11-27-19(21-14)15-5-4-6-17(24-2)18(15)25-3/h4-9,11,22H,10H2,1-3H3. The quantitative estimate of drug-likeness (QED) is 0.641. The minimum absolute atomic E-state index is 0.0380. The number of methoxy groups -OCH3 is 2. The third-order valence-corrected chi connectivity index (χ3v) is 4.91. The molecular weight excluding hydrogens is 366 g/mol. The highest BCUT2D eigenvalue weighted by Gasteiger charge is 2.16. The van der Waals surface area contributed by atoms with E-state index in [1.807, 2.05) is 23.6 Å². The zero-order valence-electron chi connectivity index (χ0n) is 15.2. The van der Waals surface area contributed by atoms with E-state index in [-0.39, 0.29) is 12.4 Å². The molecule has 0 amide bonds. The Kier molecular flexibility index (Phi) is 5.61. The summed E-state index contributed by atoms with van der Waals surface area (Å²) >= 11 is 1.43. The van der Waals surface area contributed by atoms with Crippen LogP contribution < -0.4 is 9.47 Å². The van der Waals surface area contributed by atoms with Crippen molar-refractivity contribution < 1.29 is 24.1 Å². The van der Waals surface area contributed by atoms with Crippen LogP contribution in [0.1, 0.15) is 21.6 Å². The summed E-state index contributed by atoms with van der Waals surface area (Å²) in [5, 5.41) is 12.3. The molecule has 6 nitrogen and oxygen atoms in total. The van der Waals surface area contributed by atoms with Crippen molar-refractivity contribution in [2.45, 2.75) is 13.5 Å². The van der Waals surface area contributed by atoms with Gasteiger partial charge in [-0.05, 0) is 36.8 Å². The number of aromatic nitrogens is 1. The third kappa shape index (κ3) is 4.03. The van der Waals surface area contributed by atoms with Crippen molar-refractivity contribution in [3.8, 4) is 27.8 Å². The van der Waals surface area contributed by atoms with Gasteiger partial charge in [0.05, 0.1) is 31.0 Å². The second-order valence-corrected chi connectivity index (χ2v) is 6.62. The fourth-order valence-corrected chi connectivity index (χ4v) is 3.34. The van der Waals surface area contributed by atoms with Gasteiger partial charge in [0.2, 0.25) is 0 Å². The molecule has 0 radical (unpaired) electrons. The van der Waals surface area contributed by atoms with E-state index in [1.54, 1.807) is 33.3 Å². The molecule has 0 saturated heterocycles. The summed E-state index contributed by atoms with van der Waals surface area (Å²) in [6.07, 6.45) is 0. The highest BCUT2D eigenvalue weighted by Crippen LogP contribution is 2.39. The van der Waals surface area contributed by atoms with Crippen LogP contribution in [0.4, 0.5) is 0 Å². The molecule has 140 valence electrons. The van der Waals surface area contributed by atoms with E-state index in [4.69, 9.17) is 14.2 Å². The molecule has 0 unspecified atom stereocenters. The van der Waals surface area contributed by atoms with Crippen molar-refractivity contribution in [3.05, 3.63) is 58.6 Å².